The predicted molar refractivity (Wildman–Crippen MR) is 113 cm³/mol. The van der Waals surface area contributed by atoms with Crippen molar-refractivity contribution in [2.24, 2.45) is 7.05 Å². The van der Waals surface area contributed by atoms with Gasteiger partial charge in [0, 0.05) is 56.6 Å². The van der Waals surface area contributed by atoms with Crippen molar-refractivity contribution < 1.29 is 9.18 Å². The van der Waals surface area contributed by atoms with Crippen molar-refractivity contribution in [3.63, 3.8) is 0 Å². The minimum absolute atomic E-state index is 0. The van der Waals surface area contributed by atoms with Gasteiger partial charge in [-0.25, -0.2) is 4.39 Å². The van der Waals surface area contributed by atoms with Crippen LogP contribution in [0.3, 0.4) is 0 Å². The molecule has 2 aromatic rings. The maximum Gasteiger partial charge on any atom is 0.244 e. The number of halogens is 4. The molecule has 28 heavy (non-hydrogen) atoms. The van der Waals surface area contributed by atoms with E-state index in [1.54, 1.807) is 24.0 Å². The van der Waals surface area contributed by atoms with Crippen LogP contribution in [-0.2, 0) is 18.4 Å². The summed E-state index contributed by atoms with van der Waals surface area (Å²) in [6, 6.07) is 4.09. The van der Waals surface area contributed by atoms with Crippen molar-refractivity contribution in [1.82, 2.24) is 24.9 Å². The SMILES string of the molecule is CNC(C(=O)N1CCN(Cc2ccc(F)cc2Cl)CC1)c1cnn(C)c1.Cl.Cl. The van der Waals surface area contributed by atoms with E-state index in [0.717, 1.165) is 24.2 Å². The van der Waals surface area contributed by atoms with E-state index in [0.29, 0.717) is 24.7 Å². The predicted octanol–water partition coefficient (Wildman–Crippen LogP) is 2.66. The Morgan fingerprint density at radius 3 is 2.50 bits per heavy atom. The Bertz CT molecular complexity index is 780. The molecule has 6 nitrogen and oxygen atoms in total. The average Bonchev–Trinajstić information content (AvgIpc) is 3.04. The van der Waals surface area contributed by atoms with Crippen LogP contribution in [0.4, 0.5) is 4.39 Å². The molecule has 1 aliphatic rings. The standard InChI is InChI=1S/C18H23ClFN5O.2ClH/c1-21-17(14-10-22-23(2)11-14)18(26)25-7-5-24(6-8-25)12-13-3-4-15(20)9-16(13)19;;/h3-4,9-11,17,21H,5-8,12H2,1-2H3;2*1H. The molecule has 1 amide bonds. The molecule has 0 saturated carbocycles. The van der Waals surface area contributed by atoms with Crippen LogP contribution in [-0.4, -0.2) is 58.7 Å². The highest BCUT2D eigenvalue weighted by Gasteiger charge is 2.28. The number of hydrogen-bond acceptors (Lipinski definition) is 4. The van der Waals surface area contributed by atoms with E-state index in [1.807, 2.05) is 18.1 Å². The van der Waals surface area contributed by atoms with Gasteiger partial charge in [0.2, 0.25) is 5.91 Å². The number of aromatic nitrogens is 2. The van der Waals surface area contributed by atoms with Gasteiger partial charge in [-0.1, -0.05) is 17.7 Å². The third-order valence-electron chi connectivity index (χ3n) is 4.69. The number of piperazine rings is 1. The number of rotatable bonds is 5. The largest absolute Gasteiger partial charge is 0.338 e. The first kappa shape index (κ1) is 24.7. The number of hydrogen-bond donors (Lipinski definition) is 1. The number of aryl methyl sites for hydroxylation is 1. The molecule has 1 aliphatic heterocycles. The summed E-state index contributed by atoms with van der Waals surface area (Å²) in [5, 5.41) is 7.67. The molecule has 0 radical (unpaired) electrons. The van der Waals surface area contributed by atoms with Crippen LogP contribution in [0.25, 0.3) is 0 Å². The molecule has 0 aliphatic carbocycles. The Hall–Kier alpha value is -1.38. The minimum atomic E-state index is -0.387. The van der Waals surface area contributed by atoms with Crippen LogP contribution in [0, 0.1) is 5.82 Å². The third-order valence-corrected chi connectivity index (χ3v) is 5.04. The number of nitrogens with zero attached hydrogens (tertiary/aromatic N) is 4. The molecular weight excluding hydrogens is 428 g/mol. The summed E-state index contributed by atoms with van der Waals surface area (Å²) >= 11 is 6.11. The summed E-state index contributed by atoms with van der Waals surface area (Å²) in [5.74, 6) is -0.275. The summed E-state index contributed by atoms with van der Waals surface area (Å²) < 4.78 is 14.9. The van der Waals surface area contributed by atoms with Crippen LogP contribution in [0.5, 0.6) is 0 Å². The minimum Gasteiger partial charge on any atom is -0.338 e. The van der Waals surface area contributed by atoms with E-state index in [-0.39, 0.29) is 42.6 Å². The molecule has 1 saturated heterocycles. The molecule has 156 valence electrons. The van der Waals surface area contributed by atoms with Crippen molar-refractivity contribution in [2.45, 2.75) is 12.6 Å². The first-order chi connectivity index (χ1) is 12.5. The lowest BCUT2D eigenvalue weighted by molar-refractivity contribution is -0.135. The number of benzene rings is 1. The molecule has 0 spiro atoms. The Labute approximate surface area is 181 Å². The summed E-state index contributed by atoms with van der Waals surface area (Å²) in [7, 11) is 3.61. The third kappa shape index (κ3) is 5.81. The Balaban J connectivity index is 0.00000196. The molecule has 0 bridgehead atoms. The van der Waals surface area contributed by atoms with Gasteiger partial charge >= 0.3 is 0 Å². The number of carbonyl (C=O) groups is 1. The van der Waals surface area contributed by atoms with Gasteiger partial charge in [0.05, 0.1) is 6.20 Å². The fourth-order valence-electron chi connectivity index (χ4n) is 3.22. The van der Waals surface area contributed by atoms with Crippen molar-refractivity contribution in [3.8, 4) is 0 Å². The Morgan fingerprint density at radius 1 is 1.29 bits per heavy atom. The average molecular weight is 453 g/mol. The monoisotopic (exact) mass is 451 g/mol. The lowest BCUT2D eigenvalue weighted by atomic mass is 10.1. The van der Waals surface area contributed by atoms with Crippen LogP contribution >= 0.6 is 36.4 Å². The fraction of sp³-hybridized carbons (Fsp3) is 0.444. The molecule has 3 rings (SSSR count). The smallest absolute Gasteiger partial charge is 0.244 e. The zero-order valence-corrected chi connectivity index (χ0v) is 18.2. The molecule has 10 heteroatoms. The van der Waals surface area contributed by atoms with E-state index in [1.165, 1.54) is 12.1 Å². The van der Waals surface area contributed by atoms with Gasteiger partial charge in [0.15, 0.2) is 0 Å². The van der Waals surface area contributed by atoms with Gasteiger partial charge in [0.1, 0.15) is 11.9 Å². The number of likely N-dealkylation sites (N-methyl/N-ethyl adjacent to an activating group) is 1. The highest BCUT2D eigenvalue weighted by Crippen LogP contribution is 2.21. The van der Waals surface area contributed by atoms with Crippen molar-refractivity contribution in [1.29, 1.82) is 0 Å². The summed E-state index contributed by atoms with van der Waals surface area (Å²) in [6.45, 7) is 3.46. The van der Waals surface area contributed by atoms with Gasteiger partial charge in [-0.2, -0.15) is 5.10 Å². The van der Waals surface area contributed by atoms with Crippen LogP contribution in [0.15, 0.2) is 30.6 Å². The first-order valence-electron chi connectivity index (χ1n) is 8.59. The Morgan fingerprint density at radius 2 is 1.96 bits per heavy atom. The quantitative estimate of drug-likeness (QED) is 0.758. The van der Waals surface area contributed by atoms with E-state index in [4.69, 9.17) is 11.6 Å². The van der Waals surface area contributed by atoms with E-state index in [2.05, 4.69) is 15.3 Å². The van der Waals surface area contributed by atoms with E-state index >= 15 is 0 Å². The highest BCUT2D eigenvalue weighted by molar-refractivity contribution is 6.31. The zero-order chi connectivity index (χ0) is 18.7. The second-order valence-corrected chi connectivity index (χ2v) is 6.91. The maximum absolute atomic E-state index is 13.2. The number of carbonyl (C=O) groups excluding carboxylic acids is 1. The molecular formula is C18H25Cl3FN5O. The molecule has 1 unspecified atom stereocenters. The van der Waals surface area contributed by atoms with Gasteiger partial charge < -0.3 is 10.2 Å². The van der Waals surface area contributed by atoms with Crippen molar-refractivity contribution in [2.75, 3.05) is 33.2 Å². The summed E-state index contributed by atoms with van der Waals surface area (Å²) in [5.41, 5.74) is 1.76. The summed E-state index contributed by atoms with van der Waals surface area (Å²) in [6.07, 6.45) is 3.57. The molecule has 1 fully saturated rings. The molecule has 1 atom stereocenters. The van der Waals surface area contributed by atoms with Crippen LogP contribution < -0.4 is 5.32 Å². The molecule has 1 N–H and O–H groups in total. The zero-order valence-electron chi connectivity index (χ0n) is 15.8. The molecule has 1 aromatic heterocycles. The second-order valence-electron chi connectivity index (χ2n) is 6.51. The van der Waals surface area contributed by atoms with Crippen molar-refractivity contribution in [3.05, 3.63) is 52.6 Å². The lowest BCUT2D eigenvalue weighted by Crippen LogP contribution is -2.51. The Kier molecular flexibility index (Phi) is 9.66. The van der Waals surface area contributed by atoms with Crippen molar-refractivity contribution >= 4 is 42.3 Å². The number of amides is 1. The maximum atomic E-state index is 13.2. The fourth-order valence-corrected chi connectivity index (χ4v) is 3.45. The lowest BCUT2D eigenvalue weighted by Gasteiger charge is -2.36. The number of nitrogens with one attached hydrogen (secondary N) is 1. The molecule has 1 aromatic carbocycles. The van der Waals surface area contributed by atoms with E-state index in [9.17, 15) is 9.18 Å². The van der Waals surface area contributed by atoms with E-state index < -0.39 is 0 Å². The topological polar surface area (TPSA) is 53.4 Å². The summed E-state index contributed by atoms with van der Waals surface area (Å²) in [4.78, 5) is 16.9. The second kappa shape index (κ2) is 11.0. The molecule has 2 heterocycles. The normalized spacial score (nSPS) is 15.5. The van der Waals surface area contributed by atoms with Crippen LogP contribution in [0.1, 0.15) is 17.2 Å². The van der Waals surface area contributed by atoms with Crippen LogP contribution in [0.2, 0.25) is 5.02 Å². The van der Waals surface area contributed by atoms with Gasteiger partial charge in [-0.3, -0.25) is 14.4 Å². The van der Waals surface area contributed by atoms with Gasteiger partial charge in [-0.05, 0) is 24.7 Å². The highest BCUT2D eigenvalue weighted by atomic mass is 35.5. The van der Waals surface area contributed by atoms with Gasteiger partial charge in [0.25, 0.3) is 0 Å². The van der Waals surface area contributed by atoms with Gasteiger partial charge in [-0.15, -0.1) is 24.8 Å². The first-order valence-corrected chi connectivity index (χ1v) is 8.96.